The number of nitrogens with zero attached hydrogens (tertiary/aromatic N) is 1. The van der Waals surface area contributed by atoms with E-state index in [1.165, 1.54) is 6.08 Å². The molecule has 160 valence electrons. The van der Waals surface area contributed by atoms with Gasteiger partial charge in [0, 0.05) is 25.1 Å². The van der Waals surface area contributed by atoms with E-state index in [1.54, 1.807) is 48.5 Å². The third-order valence-electron chi connectivity index (χ3n) is 4.32. The highest BCUT2D eigenvalue weighted by Crippen LogP contribution is 2.36. The van der Waals surface area contributed by atoms with Crippen molar-refractivity contribution in [3.8, 4) is 5.75 Å². The molecule has 32 heavy (non-hydrogen) atoms. The molecule has 4 rings (SSSR count). The first-order valence-electron chi connectivity index (χ1n) is 9.05. The van der Waals surface area contributed by atoms with E-state index in [-0.39, 0.29) is 17.3 Å². The Balaban J connectivity index is 1.69. The van der Waals surface area contributed by atoms with Gasteiger partial charge in [0.15, 0.2) is 11.4 Å². The van der Waals surface area contributed by atoms with E-state index in [2.05, 4.69) is 52.8 Å². The van der Waals surface area contributed by atoms with Crippen molar-refractivity contribution in [1.82, 2.24) is 0 Å². The molecule has 1 aliphatic heterocycles. The number of carbonyl (C=O) groups is 2. The Morgan fingerprint density at radius 3 is 2.34 bits per heavy atom. The van der Waals surface area contributed by atoms with Crippen LogP contribution in [0, 0.1) is 0 Å². The van der Waals surface area contributed by atoms with Gasteiger partial charge in [0.05, 0.1) is 10.0 Å². The van der Waals surface area contributed by atoms with Crippen molar-refractivity contribution in [2.75, 3.05) is 0 Å². The second-order valence-electron chi connectivity index (χ2n) is 6.55. The largest absolute Gasteiger partial charge is 0.421 e. The molecular weight excluding hydrogens is 629 g/mol. The maximum atomic E-state index is 12.6. The average molecular weight is 641 g/mol. The van der Waals surface area contributed by atoms with Gasteiger partial charge in [-0.2, -0.15) is 0 Å². The van der Waals surface area contributed by atoms with E-state index in [4.69, 9.17) is 21.1 Å². The summed E-state index contributed by atoms with van der Waals surface area (Å²) in [6.45, 7) is 0. The van der Waals surface area contributed by atoms with Crippen molar-refractivity contribution in [3.63, 3.8) is 0 Å². The molecule has 0 saturated carbocycles. The van der Waals surface area contributed by atoms with Crippen LogP contribution in [0.5, 0.6) is 5.75 Å². The first kappa shape index (κ1) is 22.9. The Labute approximate surface area is 213 Å². The lowest BCUT2D eigenvalue weighted by Crippen LogP contribution is -2.10. The average Bonchev–Trinajstić information content (AvgIpc) is 3.11. The van der Waals surface area contributed by atoms with Crippen LogP contribution in [0.1, 0.15) is 21.5 Å². The molecule has 3 aromatic carbocycles. The van der Waals surface area contributed by atoms with Gasteiger partial charge in [-0.05, 0) is 82.7 Å². The molecule has 9 heteroatoms. The predicted molar refractivity (Wildman–Crippen MR) is 133 cm³/mol. The summed E-state index contributed by atoms with van der Waals surface area (Å²) in [5, 5.41) is 0.510. The van der Waals surface area contributed by atoms with Gasteiger partial charge in [0.25, 0.3) is 0 Å². The van der Waals surface area contributed by atoms with Gasteiger partial charge < -0.3 is 9.47 Å². The van der Waals surface area contributed by atoms with E-state index in [0.29, 0.717) is 30.7 Å². The second kappa shape index (κ2) is 9.70. The van der Waals surface area contributed by atoms with Crippen LogP contribution in [0.3, 0.4) is 0 Å². The number of hydrogen-bond acceptors (Lipinski definition) is 5. The fourth-order valence-corrected chi connectivity index (χ4v) is 4.53. The van der Waals surface area contributed by atoms with Crippen LogP contribution in [-0.2, 0) is 9.53 Å². The molecule has 3 aromatic rings. The van der Waals surface area contributed by atoms with Crippen LogP contribution in [-0.4, -0.2) is 17.8 Å². The second-order valence-corrected chi connectivity index (χ2v) is 9.67. The summed E-state index contributed by atoms with van der Waals surface area (Å²) in [6.07, 6.45) is 1.51. The van der Waals surface area contributed by atoms with Crippen LogP contribution < -0.4 is 4.74 Å². The molecule has 5 nitrogen and oxygen atoms in total. The van der Waals surface area contributed by atoms with E-state index >= 15 is 0 Å². The summed E-state index contributed by atoms with van der Waals surface area (Å²) < 4.78 is 13.1. The molecule has 0 aliphatic carbocycles. The van der Waals surface area contributed by atoms with Gasteiger partial charge in [-0.25, -0.2) is 14.6 Å². The van der Waals surface area contributed by atoms with E-state index in [1.807, 2.05) is 12.1 Å². The Morgan fingerprint density at radius 1 is 0.969 bits per heavy atom. The van der Waals surface area contributed by atoms with Crippen molar-refractivity contribution in [2.24, 2.45) is 4.99 Å². The normalized spacial score (nSPS) is 14.3. The summed E-state index contributed by atoms with van der Waals surface area (Å²) in [5.74, 6) is -0.741. The lowest BCUT2D eigenvalue weighted by Gasteiger charge is -2.11. The Bertz CT molecular complexity index is 1290. The number of rotatable bonds is 4. The Hall–Kier alpha value is -2.26. The highest BCUT2D eigenvalue weighted by Gasteiger charge is 2.25. The number of esters is 2. The van der Waals surface area contributed by atoms with Crippen LogP contribution in [0.15, 0.2) is 84.8 Å². The number of ether oxygens (including phenoxy) is 2. The molecule has 1 heterocycles. The fraction of sp³-hybridized carbons (Fsp3) is 0. The van der Waals surface area contributed by atoms with Gasteiger partial charge in [-0.1, -0.05) is 43.5 Å². The summed E-state index contributed by atoms with van der Waals surface area (Å²) in [7, 11) is 0. The summed E-state index contributed by atoms with van der Waals surface area (Å²) in [6, 6.07) is 17.0. The minimum absolute atomic E-state index is 0.0803. The van der Waals surface area contributed by atoms with Gasteiger partial charge in [0.2, 0.25) is 5.90 Å². The van der Waals surface area contributed by atoms with Crippen LogP contribution in [0.4, 0.5) is 0 Å². The van der Waals surface area contributed by atoms with Gasteiger partial charge in [0.1, 0.15) is 0 Å². The van der Waals surface area contributed by atoms with Crippen molar-refractivity contribution in [3.05, 3.63) is 101 Å². The fourth-order valence-electron chi connectivity index (χ4n) is 2.81. The quantitative estimate of drug-likeness (QED) is 0.172. The molecule has 0 atom stereocenters. The Kier molecular flexibility index (Phi) is 6.95. The highest BCUT2D eigenvalue weighted by atomic mass is 79.9. The lowest BCUT2D eigenvalue weighted by molar-refractivity contribution is -0.129. The molecule has 0 saturated heterocycles. The zero-order valence-corrected chi connectivity index (χ0v) is 21.5. The summed E-state index contributed by atoms with van der Waals surface area (Å²) in [4.78, 5) is 29.4. The number of carbonyl (C=O) groups excluding carboxylic acids is 2. The van der Waals surface area contributed by atoms with Crippen molar-refractivity contribution in [2.45, 2.75) is 0 Å². The summed E-state index contributed by atoms with van der Waals surface area (Å²) in [5.41, 5.74) is 1.53. The standard InChI is InChI=1S/C23H11Br3ClNO4/c24-15-5-1-12(2-6-15)21-28-19(23(30)32-21)10-14-9-16(25)11-18(26)20(14)31-22(29)13-3-7-17(27)8-4-13/h1-11H/b19-10-. The smallest absolute Gasteiger partial charge is 0.363 e. The van der Waals surface area contributed by atoms with Gasteiger partial charge in [-0.15, -0.1) is 0 Å². The first-order chi connectivity index (χ1) is 15.3. The number of hydrogen-bond donors (Lipinski definition) is 0. The monoisotopic (exact) mass is 637 g/mol. The number of aliphatic imine (C=N–C) groups is 1. The maximum Gasteiger partial charge on any atom is 0.363 e. The van der Waals surface area contributed by atoms with Crippen molar-refractivity contribution in [1.29, 1.82) is 0 Å². The molecule has 0 amide bonds. The third-order valence-corrected chi connectivity index (χ3v) is 6.14. The first-order valence-corrected chi connectivity index (χ1v) is 11.8. The topological polar surface area (TPSA) is 65.0 Å². The van der Waals surface area contributed by atoms with E-state index < -0.39 is 11.9 Å². The summed E-state index contributed by atoms with van der Waals surface area (Å²) >= 11 is 16.1. The zero-order valence-electron chi connectivity index (χ0n) is 15.9. The third kappa shape index (κ3) is 5.20. The SMILES string of the molecule is O=C1OC(c2ccc(Br)cc2)=N/C1=C\c1cc(Br)cc(Br)c1OC(=O)c1ccc(Cl)cc1. The molecule has 0 radical (unpaired) electrons. The van der Waals surface area contributed by atoms with Crippen LogP contribution in [0.2, 0.25) is 5.02 Å². The molecular formula is C23H11Br3ClNO4. The maximum absolute atomic E-state index is 12.6. The highest BCUT2D eigenvalue weighted by molar-refractivity contribution is 9.11. The number of cyclic esters (lactones) is 1. The molecule has 0 fully saturated rings. The molecule has 0 spiro atoms. The molecule has 0 N–H and O–H groups in total. The van der Waals surface area contributed by atoms with Gasteiger partial charge in [-0.3, -0.25) is 0 Å². The van der Waals surface area contributed by atoms with Crippen molar-refractivity contribution >= 4 is 83.3 Å². The lowest BCUT2D eigenvalue weighted by atomic mass is 10.1. The minimum Gasteiger partial charge on any atom is -0.421 e. The molecule has 0 bridgehead atoms. The Morgan fingerprint density at radius 2 is 1.66 bits per heavy atom. The molecule has 0 aromatic heterocycles. The minimum atomic E-state index is -0.603. The van der Waals surface area contributed by atoms with Gasteiger partial charge >= 0.3 is 11.9 Å². The predicted octanol–water partition coefficient (Wildman–Crippen LogP) is 7.19. The number of benzene rings is 3. The van der Waals surface area contributed by atoms with Crippen LogP contribution >= 0.6 is 59.4 Å². The number of halogens is 4. The molecule has 1 aliphatic rings. The van der Waals surface area contributed by atoms with Crippen LogP contribution in [0.25, 0.3) is 6.08 Å². The zero-order chi connectivity index (χ0) is 22.8. The van der Waals surface area contributed by atoms with E-state index in [0.717, 1.165) is 4.47 Å². The van der Waals surface area contributed by atoms with E-state index in [9.17, 15) is 9.59 Å². The molecule has 0 unspecified atom stereocenters. The van der Waals surface area contributed by atoms with Crippen molar-refractivity contribution < 1.29 is 19.1 Å².